The first-order chi connectivity index (χ1) is 5.35. The number of hydrogen-bond donors (Lipinski definition) is 0. The van der Waals surface area contributed by atoms with Gasteiger partial charge in [-0.1, -0.05) is 38.0 Å². The Morgan fingerprint density at radius 2 is 2.18 bits per heavy atom. The molecule has 0 aromatic carbocycles. The molecule has 0 saturated carbocycles. The molecule has 0 N–H and O–H groups in total. The van der Waals surface area contributed by atoms with Gasteiger partial charge >= 0.3 is 0 Å². The van der Waals surface area contributed by atoms with E-state index in [9.17, 15) is 0 Å². The van der Waals surface area contributed by atoms with Gasteiger partial charge in [0.2, 0.25) is 0 Å². The summed E-state index contributed by atoms with van der Waals surface area (Å²) in [6.45, 7) is 8.08. The molecule has 11 heavy (non-hydrogen) atoms. The lowest BCUT2D eigenvalue weighted by molar-refractivity contribution is 0.561. The van der Waals surface area contributed by atoms with Gasteiger partial charge in [-0.15, -0.1) is 6.58 Å². The standard InChI is InChI=1S/C11H20/c1-4-7-10-11(8-5-2)9-6-3/h5-6,9,11H,2,4,7-8,10H2,1,3H3/b9-6+. The predicted octanol–water partition coefficient (Wildman–Crippen LogP) is 3.95. The highest BCUT2D eigenvalue weighted by atomic mass is 14.0. The molecule has 1 unspecified atom stereocenters. The van der Waals surface area contributed by atoms with Crippen molar-refractivity contribution >= 4 is 0 Å². The van der Waals surface area contributed by atoms with E-state index >= 15 is 0 Å². The minimum atomic E-state index is 0.734. The van der Waals surface area contributed by atoms with Crippen LogP contribution in [0.3, 0.4) is 0 Å². The summed E-state index contributed by atoms with van der Waals surface area (Å²) >= 11 is 0. The summed E-state index contributed by atoms with van der Waals surface area (Å²) in [6, 6.07) is 0. The van der Waals surface area contributed by atoms with E-state index in [1.807, 2.05) is 6.08 Å². The maximum Gasteiger partial charge on any atom is -0.0199 e. The highest BCUT2D eigenvalue weighted by Crippen LogP contribution is 2.14. The molecule has 0 nitrogen and oxygen atoms in total. The molecule has 64 valence electrons. The van der Waals surface area contributed by atoms with Crippen LogP contribution in [0.5, 0.6) is 0 Å². The van der Waals surface area contributed by atoms with Crippen LogP contribution < -0.4 is 0 Å². The van der Waals surface area contributed by atoms with Gasteiger partial charge in [0.05, 0.1) is 0 Å². The summed E-state index contributed by atoms with van der Waals surface area (Å²) in [4.78, 5) is 0. The van der Waals surface area contributed by atoms with Crippen LogP contribution in [0.15, 0.2) is 24.8 Å². The summed E-state index contributed by atoms with van der Waals surface area (Å²) in [7, 11) is 0. The smallest absolute Gasteiger partial charge is 0.0199 e. The Balaban J connectivity index is 3.59. The number of hydrogen-bond acceptors (Lipinski definition) is 0. The normalized spacial score (nSPS) is 13.6. The highest BCUT2D eigenvalue weighted by molar-refractivity contribution is 4.89. The molecular formula is C11H20. The molecular weight excluding hydrogens is 132 g/mol. The summed E-state index contributed by atoms with van der Waals surface area (Å²) in [5.74, 6) is 0.734. The van der Waals surface area contributed by atoms with Crippen LogP contribution in [-0.2, 0) is 0 Å². The molecule has 0 aliphatic carbocycles. The lowest BCUT2D eigenvalue weighted by Crippen LogP contribution is -1.93. The second-order valence-corrected chi connectivity index (χ2v) is 2.95. The molecule has 1 atom stereocenters. The van der Waals surface area contributed by atoms with Crippen molar-refractivity contribution in [3.8, 4) is 0 Å². The third-order valence-corrected chi connectivity index (χ3v) is 1.86. The number of rotatable bonds is 6. The number of allylic oxidation sites excluding steroid dienone is 3. The fourth-order valence-corrected chi connectivity index (χ4v) is 1.25. The second-order valence-electron chi connectivity index (χ2n) is 2.95. The van der Waals surface area contributed by atoms with Crippen molar-refractivity contribution in [2.45, 2.75) is 39.5 Å². The lowest BCUT2D eigenvalue weighted by atomic mass is 9.98. The minimum absolute atomic E-state index is 0.734. The molecule has 0 aliphatic rings. The topological polar surface area (TPSA) is 0 Å². The molecule has 0 aromatic rings. The second kappa shape index (κ2) is 7.59. The van der Waals surface area contributed by atoms with Crippen molar-refractivity contribution in [1.82, 2.24) is 0 Å². The van der Waals surface area contributed by atoms with Crippen molar-refractivity contribution in [2.75, 3.05) is 0 Å². The highest BCUT2D eigenvalue weighted by Gasteiger charge is 1.99. The fraction of sp³-hybridized carbons (Fsp3) is 0.636. The van der Waals surface area contributed by atoms with Crippen LogP contribution in [0.2, 0.25) is 0 Å². The average Bonchev–Trinajstić information content (AvgIpc) is 2.01. The van der Waals surface area contributed by atoms with Gasteiger partial charge in [-0.05, 0) is 25.7 Å². The van der Waals surface area contributed by atoms with E-state index in [0.29, 0.717) is 0 Å². The third-order valence-electron chi connectivity index (χ3n) is 1.86. The van der Waals surface area contributed by atoms with Crippen LogP contribution >= 0.6 is 0 Å². The van der Waals surface area contributed by atoms with Crippen molar-refractivity contribution in [3.05, 3.63) is 24.8 Å². The van der Waals surface area contributed by atoms with Gasteiger partial charge in [-0.25, -0.2) is 0 Å². The quantitative estimate of drug-likeness (QED) is 0.506. The molecule has 0 bridgehead atoms. The molecule has 0 radical (unpaired) electrons. The Kier molecular flexibility index (Phi) is 7.23. The maximum atomic E-state index is 3.76. The molecule has 0 aromatic heterocycles. The monoisotopic (exact) mass is 152 g/mol. The Labute approximate surface area is 71.0 Å². The zero-order valence-corrected chi connectivity index (χ0v) is 7.84. The summed E-state index contributed by atoms with van der Waals surface area (Å²) in [6.07, 6.45) is 11.5. The molecule has 0 saturated heterocycles. The number of unbranched alkanes of at least 4 members (excludes halogenated alkanes) is 1. The first-order valence-electron chi connectivity index (χ1n) is 4.58. The lowest BCUT2D eigenvalue weighted by Gasteiger charge is -2.07. The van der Waals surface area contributed by atoms with Crippen molar-refractivity contribution in [1.29, 1.82) is 0 Å². The van der Waals surface area contributed by atoms with E-state index < -0.39 is 0 Å². The zero-order chi connectivity index (χ0) is 8.53. The molecule has 0 heterocycles. The Morgan fingerprint density at radius 1 is 1.45 bits per heavy atom. The SMILES string of the molecule is C=CCC(/C=C/C)CCCC. The summed E-state index contributed by atoms with van der Waals surface area (Å²) < 4.78 is 0. The van der Waals surface area contributed by atoms with E-state index in [-0.39, 0.29) is 0 Å². The predicted molar refractivity (Wildman–Crippen MR) is 52.6 cm³/mol. The van der Waals surface area contributed by atoms with Gasteiger partial charge in [0.25, 0.3) is 0 Å². The average molecular weight is 152 g/mol. The third kappa shape index (κ3) is 5.90. The molecule has 0 spiro atoms. The Bertz CT molecular complexity index is 111. The molecule has 0 heteroatoms. The minimum Gasteiger partial charge on any atom is -0.103 e. The van der Waals surface area contributed by atoms with Crippen LogP contribution in [0.4, 0.5) is 0 Å². The fourth-order valence-electron chi connectivity index (χ4n) is 1.25. The van der Waals surface area contributed by atoms with E-state index in [1.54, 1.807) is 0 Å². The van der Waals surface area contributed by atoms with Gasteiger partial charge in [-0.2, -0.15) is 0 Å². The first kappa shape index (κ1) is 10.5. The van der Waals surface area contributed by atoms with Gasteiger partial charge in [-0.3, -0.25) is 0 Å². The molecule has 0 rings (SSSR count). The van der Waals surface area contributed by atoms with E-state index in [2.05, 4.69) is 32.6 Å². The summed E-state index contributed by atoms with van der Waals surface area (Å²) in [5.41, 5.74) is 0. The van der Waals surface area contributed by atoms with Gasteiger partial charge in [0.15, 0.2) is 0 Å². The van der Waals surface area contributed by atoms with Crippen LogP contribution in [0, 0.1) is 5.92 Å². The molecule has 0 aliphatic heterocycles. The molecule has 0 fully saturated rings. The van der Waals surface area contributed by atoms with Gasteiger partial charge < -0.3 is 0 Å². The largest absolute Gasteiger partial charge is 0.103 e. The van der Waals surface area contributed by atoms with Crippen LogP contribution in [0.25, 0.3) is 0 Å². The maximum absolute atomic E-state index is 3.76. The Morgan fingerprint density at radius 3 is 2.64 bits per heavy atom. The van der Waals surface area contributed by atoms with E-state index in [0.717, 1.165) is 12.3 Å². The van der Waals surface area contributed by atoms with Crippen LogP contribution in [0.1, 0.15) is 39.5 Å². The van der Waals surface area contributed by atoms with E-state index in [4.69, 9.17) is 0 Å². The van der Waals surface area contributed by atoms with Crippen molar-refractivity contribution < 1.29 is 0 Å². The van der Waals surface area contributed by atoms with Crippen LogP contribution in [-0.4, -0.2) is 0 Å². The van der Waals surface area contributed by atoms with Crippen molar-refractivity contribution in [3.63, 3.8) is 0 Å². The van der Waals surface area contributed by atoms with Gasteiger partial charge in [0, 0.05) is 0 Å². The summed E-state index contributed by atoms with van der Waals surface area (Å²) in [5, 5.41) is 0. The van der Waals surface area contributed by atoms with Gasteiger partial charge in [0.1, 0.15) is 0 Å². The molecule has 0 amide bonds. The van der Waals surface area contributed by atoms with Crippen molar-refractivity contribution in [2.24, 2.45) is 5.92 Å². The first-order valence-corrected chi connectivity index (χ1v) is 4.58. The zero-order valence-electron chi connectivity index (χ0n) is 7.84. The Hall–Kier alpha value is -0.520. The van der Waals surface area contributed by atoms with E-state index in [1.165, 1.54) is 19.3 Å².